The summed E-state index contributed by atoms with van der Waals surface area (Å²) in [6.07, 6.45) is 64.1. The molecule has 5 N–H and O–H groups in total. The number of hydrogen-bond acceptors (Lipinski definition) is 5. The van der Waals surface area contributed by atoms with Gasteiger partial charge in [-0.15, -0.1) is 0 Å². The lowest BCUT2D eigenvalue weighted by atomic mass is 10.00. The summed E-state index contributed by atoms with van der Waals surface area (Å²) in [5.74, 6) is -0.593. The minimum Gasteiger partial charge on any atom is -0.394 e. The van der Waals surface area contributed by atoms with E-state index in [1.54, 1.807) is 0 Å². The standard InChI is InChI=1S/C58H113NO5/c1-3-5-7-9-11-13-15-17-19-21-22-23-24-25-26-27-28-29-30-31-32-33-34-35-36-38-39-41-43-45-47-49-51-55(61)57(63)54(53-60)59-58(64)56(62)52-50-48-46-44-42-40-37-20-18-16-14-12-10-8-6-4-2/h36,38,43,45,54-57,60-63H,3-35,37,39-42,44,46-53H2,1-2H3,(H,59,64)/b38-36+,45-43+. The zero-order valence-electron chi connectivity index (χ0n) is 43.0. The summed E-state index contributed by atoms with van der Waals surface area (Å²) in [5, 5.41) is 43.9. The number of rotatable bonds is 53. The Morgan fingerprint density at radius 3 is 0.984 bits per heavy atom. The van der Waals surface area contributed by atoms with E-state index in [0.717, 1.165) is 38.5 Å². The molecule has 4 unspecified atom stereocenters. The van der Waals surface area contributed by atoms with Gasteiger partial charge in [0.2, 0.25) is 5.91 Å². The largest absolute Gasteiger partial charge is 0.394 e. The van der Waals surface area contributed by atoms with E-state index in [1.807, 2.05) is 0 Å². The molecule has 0 spiro atoms. The Kier molecular flexibility index (Phi) is 51.8. The van der Waals surface area contributed by atoms with Gasteiger partial charge in [-0.1, -0.05) is 282 Å². The van der Waals surface area contributed by atoms with Crippen LogP contribution in [0.25, 0.3) is 0 Å². The summed E-state index contributed by atoms with van der Waals surface area (Å²) in [6, 6.07) is -1.01. The first-order valence-electron chi connectivity index (χ1n) is 28.7. The summed E-state index contributed by atoms with van der Waals surface area (Å²) < 4.78 is 0. The van der Waals surface area contributed by atoms with Crippen LogP contribution in [0.2, 0.25) is 0 Å². The van der Waals surface area contributed by atoms with E-state index in [-0.39, 0.29) is 0 Å². The molecular weight excluding hydrogens is 791 g/mol. The van der Waals surface area contributed by atoms with Gasteiger partial charge in [0, 0.05) is 0 Å². The quantitative estimate of drug-likeness (QED) is 0.0308. The van der Waals surface area contributed by atoms with Crippen molar-refractivity contribution in [2.24, 2.45) is 0 Å². The highest BCUT2D eigenvalue weighted by Crippen LogP contribution is 2.18. The maximum absolute atomic E-state index is 12.6. The van der Waals surface area contributed by atoms with E-state index in [9.17, 15) is 25.2 Å². The lowest BCUT2D eigenvalue weighted by Gasteiger charge is -2.27. The summed E-state index contributed by atoms with van der Waals surface area (Å²) in [7, 11) is 0. The number of carbonyl (C=O) groups excluding carboxylic acids is 1. The second kappa shape index (κ2) is 52.8. The van der Waals surface area contributed by atoms with Crippen molar-refractivity contribution in [1.29, 1.82) is 0 Å². The van der Waals surface area contributed by atoms with Crippen LogP contribution < -0.4 is 5.32 Å². The number of aliphatic hydroxyl groups excluding tert-OH is 4. The van der Waals surface area contributed by atoms with Crippen LogP contribution in [-0.2, 0) is 4.79 Å². The van der Waals surface area contributed by atoms with Crippen LogP contribution in [0.15, 0.2) is 24.3 Å². The van der Waals surface area contributed by atoms with Crippen molar-refractivity contribution >= 4 is 5.91 Å². The maximum atomic E-state index is 12.6. The fourth-order valence-corrected chi connectivity index (χ4v) is 9.13. The highest BCUT2D eigenvalue weighted by molar-refractivity contribution is 5.80. The third-order valence-corrected chi connectivity index (χ3v) is 13.6. The minimum atomic E-state index is -1.29. The average Bonchev–Trinajstić information content (AvgIpc) is 3.30. The molecule has 0 heterocycles. The van der Waals surface area contributed by atoms with Crippen LogP contribution in [0.4, 0.5) is 0 Å². The molecule has 0 saturated heterocycles. The number of allylic oxidation sites excluding steroid dienone is 4. The van der Waals surface area contributed by atoms with Crippen molar-refractivity contribution in [1.82, 2.24) is 5.32 Å². The molecule has 0 saturated carbocycles. The van der Waals surface area contributed by atoms with Gasteiger partial charge in [-0.2, -0.15) is 0 Å². The van der Waals surface area contributed by atoms with E-state index in [1.165, 1.54) is 238 Å². The van der Waals surface area contributed by atoms with E-state index >= 15 is 0 Å². The zero-order chi connectivity index (χ0) is 46.7. The highest BCUT2D eigenvalue weighted by atomic mass is 16.3. The number of aliphatic hydroxyl groups is 4. The number of amides is 1. The van der Waals surface area contributed by atoms with Crippen LogP contribution >= 0.6 is 0 Å². The zero-order valence-corrected chi connectivity index (χ0v) is 43.0. The molecule has 0 bridgehead atoms. The van der Waals surface area contributed by atoms with E-state index in [2.05, 4.69) is 43.5 Å². The van der Waals surface area contributed by atoms with Gasteiger partial charge in [0.25, 0.3) is 0 Å². The fourth-order valence-electron chi connectivity index (χ4n) is 9.13. The van der Waals surface area contributed by atoms with Crippen molar-refractivity contribution in [3.63, 3.8) is 0 Å². The van der Waals surface area contributed by atoms with Crippen molar-refractivity contribution in [3.8, 4) is 0 Å². The predicted molar refractivity (Wildman–Crippen MR) is 279 cm³/mol. The lowest BCUT2D eigenvalue weighted by molar-refractivity contribution is -0.132. The molecule has 0 aromatic heterocycles. The number of carbonyl (C=O) groups is 1. The minimum absolute atomic E-state index is 0.364. The predicted octanol–water partition coefficient (Wildman–Crippen LogP) is 16.6. The van der Waals surface area contributed by atoms with Gasteiger partial charge in [0.1, 0.15) is 12.2 Å². The van der Waals surface area contributed by atoms with Crippen LogP contribution in [0.5, 0.6) is 0 Å². The van der Waals surface area contributed by atoms with Crippen molar-refractivity contribution in [2.75, 3.05) is 6.61 Å². The first kappa shape index (κ1) is 62.8. The molecular formula is C58H113NO5. The van der Waals surface area contributed by atoms with Gasteiger partial charge in [0.15, 0.2) is 0 Å². The van der Waals surface area contributed by atoms with Gasteiger partial charge in [-0.25, -0.2) is 0 Å². The third kappa shape index (κ3) is 45.9. The number of hydrogen-bond donors (Lipinski definition) is 5. The summed E-state index contributed by atoms with van der Waals surface area (Å²) in [4.78, 5) is 12.6. The molecule has 0 aliphatic rings. The fraction of sp³-hybridized carbons (Fsp3) is 0.914. The Balaban J connectivity index is 3.62. The Bertz CT molecular complexity index is 970. The Labute approximate surface area is 399 Å². The average molecular weight is 905 g/mol. The van der Waals surface area contributed by atoms with Crippen LogP contribution in [0.1, 0.15) is 309 Å². The monoisotopic (exact) mass is 904 g/mol. The Hall–Kier alpha value is -1.21. The molecule has 0 aromatic rings. The molecule has 0 radical (unpaired) electrons. The van der Waals surface area contributed by atoms with Gasteiger partial charge in [-0.3, -0.25) is 4.79 Å². The first-order chi connectivity index (χ1) is 31.5. The first-order valence-corrected chi connectivity index (χ1v) is 28.7. The van der Waals surface area contributed by atoms with Crippen molar-refractivity contribution in [2.45, 2.75) is 334 Å². The van der Waals surface area contributed by atoms with Crippen LogP contribution in [-0.4, -0.2) is 57.3 Å². The van der Waals surface area contributed by atoms with Crippen LogP contribution in [0.3, 0.4) is 0 Å². The van der Waals surface area contributed by atoms with Crippen molar-refractivity contribution < 1.29 is 25.2 Å². The third-order valence-electron chi connectivity index (χ3n) is 13.6. The van der Waals surface area contributed by atoms with Crippen LogP contribution in [0, 0.1) is 0 Å². The van der Waals surface area contributed by atoms with E-state index in [0.29, 0.717) is 19.3 Å². The Morgan fingerprint density at radius 1 is 0.375 bits per heavy atom. The molecule has 0 rings (SSSR count). The van der Waals surface area contributed by atoms with E-state index in [4.69, 9.17) is 0 Å². The normalized spacial score (nSPS) is 13.9. The second-order valence-corrected chi connectivity index (χ2v) is 20.0. The maximum Gasteiger partial charge on any atom is 0.249 e. The molecule has 1 amide bonds. The molecule has 6 nitrogen and oxygen atoms in total. The molecule has 0 fully saturated rings. The second-order valence-electron chi connectivity index (χ2n) is 20.0. The molecule has 6 heteroatoms. The van der Waals surface area contributed by atoms with Gasteiger partial charge < -0.3 is 25.7 Å². The SMILES string of the molecule is CCCCCCCCCCCCCCCCCCCCCCCCC/C=C/CC/C=C/CCCC(O)C(O)C(CO)NC(=O)C(O)CCCCCCCCCCCCCCCCCC. The molecule has 64 heavy (non-hydrogen) atoms. The smallest absolute Gasteiger partial charge is 0.249 e. The Morgan fingerprint density at radius 2 is 0.656 bits per heavy atom. The van der Waals surface area contributed by atoms with E-state index < -0.39 is 36.9 Å². The summed E-state index contributed by atoms with van der Waals surface area (Å²) >= 11 is 0. The molecule has 4 atom stereocenters. The highest BCUT2D eigenvalue weighted by Gasteiger charge is 2.28. The molecule has 0 aromatic carbocycles. The lowest BCUT2D eigenvalue weighted by Crippen LogP contribution is -2.53. The molecule has 0 aliphatic carbocycles. The van der Waals surface area contributed by atoms with Gasteiger partial charge in [-0.05, 0) is 51.4 Å². The number of nitrogens with one attached hydrogen (secondary N) is 1. The molecule has 0 aliphatic heterocycles. The van der Waals surface area contributed by atoms with Gasteiger partial charge in [0.05, 0.1) is 18.8 Å². The van der Waals surface area contributed by atoms with Crippen molar-refractivity contribution in [3.05, 3.63) is 24.3 Å². The summed E-state index contributed by atoms with van der Waals surface area (Å²) in [5.41, 5.74) is 0. The topological polar surface area (TPSA) is 110 Å². The number of unbranched alkanes of at least 4 members (excludes halogenated alkanes) is 40. The molecule has 380 valence electrons. The van der Waals surface area contributed by atoms with Gasteiger partial charge >= 0.3 is 0 Å². The summed E-state index contributed by atoms with van der Waals surface area (Å²) in [6.45, 7) is 4.07.